The predicted octanol–water partition coefficient (Wildman–Crippen LogP) is 16.5. The molecule has 0 atom stereocenters. The number of hydrogen-bond acceptors (Lipinski definition) is 2. The van der Waals surface area contributed by atoms with Crippen molar-refractivity contribution in [2.24, 2.45) is 0 Å². The van der Waals surface area contributed by atoms with Crippen molar-refractivity contribution in [2.75, 3.05) is 0 Å². The molecule has 0 radical (unpaired) electrons. The van der Waals surface area contributed by atoms with Crippen molar-refractivity contribution in [3.05, 3.63) is 229 Å². The van der Waals surface area contributed by atoms with E-state index in [1.54, 1.807) is 18.2 Å². The lowest BCUT2D eigenvalue weighted by molar-refractivity contribution is -0.137. The van der Waals surface area contributed by atoms with Gasteiger partial charge < -0.3 is 18.3 Å². The molecule has 0 aliphatic carbocycles. The fourth-order valence-electron chi connectivity index (χ4n) is 11.5. The van der Waals surface area contributed by atoms with Crippen molar-refractivity contribution >= 4 is 87.2 Å². The van der Waals surface area contributed by atoms with Crippen molar-refractivity contribution in [2.45, 2.75) is 6.18 Å². The number of alkyl halides is 3. The van der Waals surface area contributed by atoms with Crippen LogP contribution in [0, 0.1) is 22.7 Å². The minimum absolute atomic E-state index is 0.149. The zero-order chi connectivity index (χ0) is 48.4. The van der Waals surface area contributed by atoms with Gasteiger partial charge in [0, 0.05) is 60.0 Å². The van der Waals surface area contributed by atoms with Crippen LogP contribution in [0.2, 0.25) is 0 Å². The summed E-state index contributed by atoms with van der Waals surface area (Å²) in [5.41, 5.74) is 9.47. The van der Waals surface area contributed by atoms with Crippen LogP contribution in [0.3, 0.4) is 0 Å². The van der Waals surface area contributed by atoms with Gasteiger partial charge in [-0.2, -0.15) is 23.7 Å². The Labute approximate surface area is 408 Å². The van der Waals surface area contributed by atoms with Gasteiger partial charge >= 0.3 is 6.18 Å². The van der Waals surface area contributed by atoms with Gasteiger partial charge in [-0.3, -0.25) is 0 Å². The van der Waals surface area contributed by atoms with E-state index in [9.17, 15) is 10.5 Å². The van der Waals surface area contributed by atoms with Crippen molar-refractivity contribution < 1.29 is 13.2 Å². The standard InChI is InChI=1S/C63H35F3N6/c64-63(65,66)41-32-38(36-67)31-40(35-41)58-56(71-54-25-13-9-21-46(54)50-29-27-48-44-19-7-11-23-52(44)69(59(48)61(50)71)42-15-3-1-4-16-42)33-39(37-68)34-57(58)72-55-26-14-10-22-47(55)51-30-28-49-45-20-8-12-24-53(45)70(60(49)62(51)72)43-17-5-2-6-18-43/h1-35H. The molecule has 14 aromatic rings. The molecule has 9 heteroatoms. The summed E-state index contributed by atoms with van der Waals surface area (Å²) in [7, 11) is 0. The fraction of sp³-hybridized carbons (Fsp3) is 0.0159. The van der Waals surface area contributed by atoms with Gasteiger partial charge in [-0.05, 0) is 84.4 Å². The molecule has 0 aliphatic heterocycles. The predicted molar refractivity (Wildman–Crippen MR) is 284 cm³/mol. The third-order valence-electron chi connectivity index (χ3n) is 14.4. The van der Waals surface area contributed by atoms with Crippen LogP contribution < -0.4 is 0 Å². The van der Waals surface area contributed by atoms with Crippen molar-refractivity contribution in [1.82, 2.24) is 18.3 Å². The molecule has 0 saturated heterocycles. The number of nitriles is 2. The summed E-state index contributed by atoms with van der Waals surface area (Å²) in [6.07, 6.45) is -4.79. The summed E-state index contributed by atoms with van der Waals surface area (Å²) in [6, 6.07) is 73.1. The maximum absolute atomic E-state index is 15.3. The molecule has 0 N–H and O–H groups in total. The molecule has 10 aromatic carbocycles. The van der Waals surface area contributed by atoms with Crippen LogP contribution in [0.25, 0.3) is 121 Å². The zero-order valence-electron chi connectivity index (χ0n) is 38.0. The van der Waals surface area contributed by atoms with Crippen LogP contribution in [0.15, 0.2) is 212 Å². The smallest absolute Gasteiger partial charge is 0.307 e. The molecule has 0 aliphatic rings. The summed E-state index contributed by atoms with van der Waals surface area (Å²) in [4.78, 5) is 0. The molecule has 6 nitrogen and oxygen atoms in total. The van der Waals surface area contributed by atoms with Crippen LogP contribution in [0.1, 0.15) is 16.7 Å². The summed E-state index contributed by atoms with van der Waals surface area (Å²) in [6.45, 7) is 0. The van der Waals surface area contributed by atoms with Crippen molar-refractivity contribution in [3.63, 3.8) is 0 Å². The molecule has 0 fully saturated rings. The topological polar surface area (TPSA) is 67.3 Å². The Morgan fingerprint density at radius 1 is 0.333 bits per heavy atom. The third kappa shape index (κ3) is 5.83. The van der Waals surface area contributed by atoms with Gasteiger partial charge in [0.2, 0.25) is 0 Å². The molecule has 0 spiro atoms. The van der Waals surface area contributed by atoms with Crippen LogP contribution >= 0.6 is 0 Å². The molecule has 4 heterocycles. The number of nitrogens with zero attached hydrogens (tertiary/aromatic N) is 6. The zero-order valence-corrected chi connectivity index (χ0v) is 38.0. The van der Waals surface area contributed by atoms with E-state index in [-0.39, 0.29) is 11.1 Å². The lowest BCUT2D eigenvalue weighted by Crippen LogP contribution is -2.09. The second-order valence-corrected chi connectivity index (χ2v) is 18.2. The van der Waals surface area contributed by atoms with E-state index in [1.807, 2.05) is 97.1 Å². The van der Waals surface area contributed by atoms with Crippen LogP contribution in [0.4, 0.5) is 13.2 Å². The number of rotatable bonds is 5. The van der Waals surface area contributed by atoms with Gasteiger partial charge in [-0.25, -0.2) is 0 Å². The molecule has 0 saturated carbocycles. The first-order valence-electron chi connectivity index (χ1n) is 23.5. The minimum Gasteiger partial charge on any atom is -0.307 e. The Hall–Kier alpha value is -9.83. The highest BCUT2D eigenvalue weighted by molar-refractivity contribution is 6.26. The molecule has 0 bridgehead atoms. The summed E-state index contributed by atoms with van der Waals surface area (Å²) >= 11 is 0. The summed E-state index contributed by atoms with van der Waals surface area (Å²) < 4.78 is 54.6. The summed E-state index contributed by atoms with van der Waals surface area (Å²) in [5.74, 6) is 0. The number of fused-ring (bicyclic) bond motifs is 14. The Morgan fingerprint density at radius 3 is 1.04 bits per heavy atom. The van der Waals surface area contributed by atoms with E-state index >= 15 is 13.2 Å². The molecule has 0 unspecified atom stereocenters. The number of benzene rings is 10. The van der Waals surface area contributed by atoms with Crippen LogP contribution in [-0.2, 0) is 6.18 Å². The molecule has 338 valence electrons. The van der Waals surface area contributed by atoms with Crippen molar-refractivity contribution in [1.29, 1.82) is 10.5 Å². The second-order valence-electron chi connectivity index (χ2n) is 18.2. The van der Waals surface area contributed by atoms with Gasteiger partial charge in [0.1, 0.15) is 0 Å². The minimum atomic E-state index is -4.79. The first-order valence-corrected chi connectivity index (χ1v) is 23.5. The Bertz CT molecular complexity index is 4440. The highest BCUT2D eigenvalue weighted by Gasteiger charge is 2.33. The lowest BCUT2D eigenvalue weighted by Gasteiger charge is -2.22. The quantitative estimate of drug-likeness (QED) is 0.173. The normalized spacial score (nSPS) is 12.1. The van der Waals surface area contributed by atoms with Gasteiger partial charge in [-0.15, -0.1) is 0 Å². The summed E-state index contributed by atoms with van der Waals surface area (Å²) in [5, 5.41) is 29.5. The lowest BCUT2D eigenvalue weighted by atomic mass is 9.94. The van der Waals surface area contributed by atoms with E-state index in [0.717, 1.165) is 111 Å². The van der Waals surface area contributed by atoms with Gasteiger partial charge in [-0.1, -0.05) is 133 Å². The van der Waals surface area contributed by atoms with Gasteiger partial charge in [0.05, 0.1) is 84.3 Å². The first-order chi connectivity index (χ1) is 35.3. The largest absolute Gasteiger partial charge is 0.416 e. The molecular weight excluding hydrogens is 898 g/mol. The van der Waals surface area contributed by atoms with Crippen molar-refractivity contribution in [3.8, 4) is 46.0 Å². The third-order valence-corrected chi connectivity index (χ3v) is 14.4. The highest BCUT2D eigenvalue weighted by Crippen LogP contribution is 2.48. The maximum Gasteiger partial charge on any atom is 0.416 e. The number of halogens is 3. The van der Waals surface area contributed by atoms with E-state index in [2.05, 4.69) is 115 Å². The molecule has 0 amide bonds. The Morgan fingerprint density at radius 2 is 0.667 bits per heavy atom. The average Bonchev–Trinajstić information content (AvgIpc) is 4.16. The number of para-hydroxylation sites is 6. The van der Waals surface area contributed by atoms with Gasteiger partial charge in [0.15, 0.2) is 0 Å². The van der Waals surface area contributed by atoms with E-state index in [1.165, 1.54) is 0 Å². The average molecular weight is 933 g/mol. The molecule has 14 rings (SSSR count). The number of aromatic nitrogens is 4. The van der Waals surface area contributed by atoms with E-state index < -0.39 is 11.7 Å². The molecule has 72 heavy (non-hydrogen) atoms. The van der Waals surface area contributed by atoms with E-state index in [0.29, 0.717) is 22.5 Å². The fourth-order valence-corrected chi connectivity index (χ4v) is 11.5. The monoisotopic (exact) mass is 932 g/mol. The van der Waals surface area contributed by atoms with Gasteiger partial charge in [0.25, 0.3) is 0 Å². The highest BCUT2D eigenvalue weighted by atomic mass is 19.4. The molecule has 4 aromatic heterocycles. The second kappa shape index (κ2) is 15.3. The Kier molecular flexibility index (Phi) is 8.77. The van der Waals surface area contributed by atoms with Crippen LogP contribution in [-0.4, -0.2) is 18.3 Å². The SMILES string of the molecule is N#Cc1cc(-c2c(-n3c4ccccc4c4ccc5c6ccccc6n(-c6ccccc6)c5c43)cc(C#N)cc2-n2c3ccccc3c3ccc4c5ccccc5n(-c5ccccc5)c4c32)cc(C(F)(F)F)c1. The Balaban J connectivity index is 1.25. The molecular formula is C63H35F3N6. The van der Waals surface area contributed by atoms with Crippen LogP contribution in [0.5, 0.6) is 0 Å². The first kappa shape index (κ1) is 41.2. The van der Waals surface area contributed by atoms with E-state index in [4.69, 9.17) is 0 Å². The maximum atomic E-state index is 15.3. The number of hydrogen-bond donors (Lipinski definition) is 0.